The second-order valence-corrected chi connectivity index (χ2v) is 8.78. The maximum Gasteiger partial charge on any atom is 0.434 e. The summed E-state index contributed by atoms with van der Waals surface area (Å²) >= 11 is 12.2. The molecular formula is C25H14Cl2F4N4O. The van der Waals surface area contributed by atoms with Gasteiger partial charge in [0.1, 0.15) is 11.6 Å². The summed E-state index contributed by atoms with van der Waals surface area (Å²) in [6, 6.07) is 15.5. The van der Waals surface area contributed by atoms with Gasteiger partial charge in [0, 0.05) is 40.0 Å². The van der Waals surface area contributed by atoms with Crippen LogP contribution in [0.3, 0.4) is 0 Å². The molecule has 3 aromatic carbocycles. The predicted octanol–water partition coefficient (Wildman–Crippen LogP) is 7.94. The Hall–Kier alpha value is -3.69. The van der Waals surface area contributed by atoms with Crippen molar-refractivity contribution in [2.24, 2.45) is 7.05 Å². The molecule has 0 amide bonds. The predicted molar refractivity (Wildman–Crippen MR) is 128 cm³/mol. The van der Waals surface area contributed by atoms with Crippen LogP contribution in [0.2, 0.25) is 10.0 Å². The van der Waals surface area contributed by atoms with E-state index >= 15 is 0 Å². The van der Waals surface area contributed by atoms with Crippen LogP contribution in [0.4, 0.5) is 17.6 Å². The molecule has 0 fully saturated rings. The van der Waals surface area contributed by atoms with E-state index in [0.717, 1.165) is 6.20 Å². The van der Waals surface area contributed by atoms with Gasteiger partial charge < -0.3 is 9.09 Å². The number of halogens is 6. The molecule has 0 aliphatic carbocycles. The first-order valence-corrected chi connectivity index (χ1v) is 11.2. The highest BCUT2D eigenvalue weighted by atomic mass is 35.5. The molecule has 0 saturated carbocycles. The van der Waals surface area contributed by atoms with Crippen LogP contribution >= 0.6 is 23.2 Å². The third kappa shape index (κ3) is 4.72. The number of benzene rings is 3. The van der Waals surface area contributed by atoms with Gasteiger partial charge in [0.25, 0.3) is 5.89 Å². The number of alkyl halides is 3. The summed E-state index contributed by atoms with van der Waals surface area (Å²) in [7, 11) is 1.49. The number of hydrogen-bond acceptors (Lipinski definition) is 4. The van der Waals surface area contributed by atoms with E-state index in [1.165, 1.54) is 29.8 Å². The van der Waals surface area contributed by atoms with E-state index in [9.17, 15) is 17.6 Å². The highest BCUT2D eigenvalue weighted by Gasteiger charge is 2.34. The highest BCUT2D eigenvalue weighted by molar-refractivity contribution is 6.35. The minimum absolute atomic E-state index is 0.138. The van der Waals surface area contributed by atoms with E-state index in [4.69, 9.17) is 27.7 Å². The topological polar surface area (TPSA) is 56.7 Å². The van der Waals surface area contributed by atoms with Crippen LogP contribution in [0.15, 0.2) is 71.4 Å². The molecule has 36 heavy (non-hydrogen) atoms. The van der Waals surface area contributed by atoms with Gasteiger partial charge in [0.05, 0.1) is 0 Å². The Morgan fingerprint density at radius 3 is 2.11 bits per heavy atom. The largest absolute Gasteiger partial charge is 0.434 e. The quantitative estimate of drug-likeness (QED) is 0.220. The summed E-state index contributed by atoms with van der Waals surface area (Å²) in [5, 5.41) is 4.78. The summed E-state index contributed by atoms with van der Waals surface area (Å²) in [6.45, 7) is 0. The number of aromatic nitrogens is 4. The van der Waals surface area contributed by atoms with Crippen LogP contribution in [0.1, 0.15) is 5.69 Å². The minimum atomic E-state index is -4.54. The molecule has 182 valence electrons. The molecule has 0 radical (unpaired) electrons. The molecule has 5 nitrogen and oxygen atoms in total. The number of rotatable bonds is 4. The van der Waals surface area contributed by atoms with Gasteiger partial charge in [-0.05, 0) is 47.5 Å². The van der Waals surface area contributed by atoms with Crippen LogP contribution in [0, 0.1) is 5.82 Å². The maximum absolute atomic E-state index is 14.1. The van der Waals surface area contributed by atoms with Crippen molar-refractivity contribution in [2.45, 2.75) is 6.18 Å². The molecule has 2 aromatic heterocycles. The second-order valence-electron chi connectivity index (χ2n) is 7.91. The zero-order valence-electron chi connectivity index (χ0n) is 18.3. The van der Waals surface area contributed by atoms with Gasteiger partial charge in [0.15, 0.2) is 5.69 Å². The molecule has 0 aliphatic rings. The zero-order valence-corrected chi connectivity index (χ0v) is 19.8. The Balaban J connectivity index is 1.48. The van der Waals surface area contributed by atoms with Gasteiger partial charge in [-0.25, -0.2) is 9.37 Å². The van der Waals surface area contributed by atoms with E-state index in [2.05, 4.69) is 15.1 Å². The molecular weight excluding hydrogens is 519 g/mol. The molecule has 0 spiro atoms. The van der Waals surface area contributed by atoms with Gasteiger partial charge in [-0.2, -0.15) is 18.2 Å². The third-order valence-electron chi connectivity index (χ3n) is 5.38. The van der Waals surface area contributed by atoms with E-state index in [0.29, 0.717) is 37.9 Å². The Morgan fingerprint density at radius 1 is 0.806 bits per heavy atom. The lowest BCUT2D eigenvalue weighted by Crippen LogP contribution is -2.04. The van der Waals surface area contributed by atoms with Crippen molar-refractivity contribution in [3.05, 3.63) is 88.4 Å². The van der Waals surface area contributed by atoms with Crippen molar-refractivity contribution in [2.75, 3.05) is 0 Å². The lowest BCUT2D eigenvalue weighted by atomic mass is 9.99. The van der Waals surface area contributed by atoms with Crippen molar-refractivity contribution in [1.29, 1.82) is 0 Å². The fourth-order valence-electron chi connectivity index (χ4n) is 3.74. The number of aryl methyl sites for hydroxylation is 1. The Kier molecular flexibility index (Phi) is 6.05. The lowest BCUT2D eigenvalue weighted by Gasteiger charge is -2.08. The molecule has 5 aromatic rings. The van der Waals surface area contributed by atoms with E-state index in [1.807, 2.05) is 0 Å². The van der Waals surface area contributed by atoms with Gasteiger partial charge >= 0.3 is 6.18 Å². The van der Waals surface area contributed by atoms with Crippen LogP contribution in [0.5, 0.6) is 0 Å². The van der Waals surface area contributed by atoms with Crippen LogP contribution in [0.25, 0.3) is 45.4 Å². The molecule has 11 heteroatoms. The molecule has 0 atom stereocenters. The molecule has 2 heterocycles. The lowest BCUT2D eigenvalue weighted by molar-refractivity contribution is -0.140. The van der Waals surface area contributed by atoms with Gasteiger partial charge in [0.2, 0.25) is 5.82 Å². The maximum atomic E-state index is 14.1. The summed E-state index contributed by atoms with van der Waals surface area (Å²) in [5.41, 5.74) is 1.58. The number of nitrogens with zero attached hydrogens (tertiary/aromatic N) is 4. The smallest absolute Gasteiger partial charge is 0.334 e. The third-order valence-corrected chi connectivity index (χ3v) is 5.82. The second kappa shape index (κ2) is 9.07. The molecule has 5 rings (SSSR count). The fraction of sp³-hybridized carbons (Fsp3) is 0.0800. The summed E-state index contributed by atoms with van der Waals surface area (Å²) in [5.74, 6) is 0.0767. The first kappa shape index (κ1) is 24.0. The first-order chi connectivity index (χ1) is 17.1. The van der Waals surface area contributed by atoms with Crippen molar-refractivity contribution in [3.8, 4) is 45.4 Å². The van der Waals surface area contributed by atoms with Crippen LogP contribution in [-0.2, 0) is 13.2 Å². The van der Waals surface area contributed by atoms with Crippen molar-refractivity contribution in [3.63, 3.8) is 0 Å². The van der Waals surface area contributed by atoms with Crippen molar-refractivity contribution < 1.29 is 22.1 Å². The van der Waals surface area contributed by atoms with E-state index < -0.39 is 17.7 Å². The summed E-state index contributed by atoms with van der Waals surface area (Å²) in [4.78, 5) is 8.13. The first-order valence-electron chi connectivity index (χ1n) is 10.4. The molecule has 0 bridgehead atoms. The molecule has 0 N–H and O–H groups in total. The summed E-state index contributed by atoms with van der Waals surface area (Å²) in [6.07, 6.45) is -3.60. The Bertz CT molecular complexity index is 1560. The fourth-order valence-corrected chi connectivity index (χ4v) is 4.27. The Labute approximate surface area is 211 Å². The highest BCUT2D eigenvalue weighted by Crippen LogP contribution is 2.36. The number of imidazole rings is 1. The molecule has 0 aliphatic heterocycles. The van der Waals surface area contributed by atoms with E-state index in [1.54, 1.807) is 42.5 Å². The van der Waals surface area contributed by atoms with Gasteiger partial charge in [-0.15, -0.1) is 0 Å². The standard InChI is InChI=1S/C25H14Cl2F4N4O/c1-35-12-21(25(29,30)31)32-23(35)14-4-2-13(3-5-14)22-33-24(36-34-22)19-7-6-18(28)11-20(19)15-8-16(26)10-17(27)9-15/h2-12H,1H3. The minimum Gasteiger partial charge on any atom is -0.334 e. The SMILES string of the molecule is Cn1cc(C(F)(F)F)nc1-c1ccc(-c2noc(-c3ccc(F)cc3-c3cc(Cl)cc(Cl)c3)n2)cc1. The average molecular weight is 533 g/mol. The Morgan fingerprint density at radius 2 is 1.47 bits per heavy atom. The average Bonchev–Trinajstić information content (AvgIpc) is 3.46. The monoisotopic (exact) mass is 532 g/mol. The van der Waals surface area contributed by atoms with Gasteiger partial charge in [-0.1, -0.05) is 52.6 Å². The normalized spacial score (nSPS) is 11.8. The number of hydrogen-bond donors (Lipinski definition) is 0. The molecule has 0 unspecified atom stereocenters. The van der Waals surface area contributed by atoms with Crippen molar-refractivity contribution >= 4 is 23.2 Å². The van der Waals surface area contributed by atoms with Gasteiger partial charge in [-0.3, -0.25) is 0 Å². The van der Waals surface area contributed by atoms with E-state index in [-0.39, 0.29) is 17.5 Å². The van der Waals surface area contributed by atoms with Crippen molar-refractivity contribution in [1.82, 2.24) is 19.7 Å². The zero-order chi connectivity index (χ0) is 25.6. The summed E-state index contributed by atoms with van der Waals surface area (Å²) < 4.78 is 59.8. The molecule has 0 saturated heterocycles. The van der Waals surface area contributed by atoms with Crippen LogP contribution < -0.4 is 0 Å². The van der Waals surface area contributed by atoms with Crippen LogP contribution in [-0.4, -0.2) is 19.7 Å².